The van der Waals surface area contributed by atoms with Gasteiger partial charge in [0.2, 0.25) is 0 Å². The van der Waals surface area contributed by atoms with Gasteiger partial charge in [-0.15, -0.1) is 0 Å². The molecule has 0 atom stereocenters. The molecule has 0 aliphatic rings. The first-order valence-corrected chi connectivity index (χ1v) is 5.69. The molecule has 3 heteroatoms. The van der Waals surface area contributed by atoms with Crippen molar-refractivity contribution in [1.82, 2.24) is 4.98 Å². The number of benzene rings is 2. The third-order valence-electron chi connectivity index (χ3n) is 3.17. The van der Waals surface area contributed by atoms with Crippen molar-refractivity contribution in [3.05, 3.63) is 59.7 Å². The number of aryl methyl sites for hydroxylation is 1. The molecule has 18 heavy (non-hydrogen) atoms. The van der Waals surface area contributed by atoms with Crippen LogP contribution in [0.25, 0.3) is 22.2 Å². The van der Waals surface area contributed by atoms with Crippen molar-refractivity contribution in [2.24, 2.45) is 0 Å². The lowest BCUT2D eigenvalue weighted by atomic mass is 10.1. The third-order valence-corrected chi connectivity index (χ3v) is 3.17. The highest BCUT2D eigenvalue weighted by Crippen LogP contribution is 2.30. The molecule has 1 aromatic heterocycles. The lowest BCUT2D eigenvalue weighted by Crippen LogP contribution is -1.86. The predicted molar refractivity (Wildman–Crippen MR) is 68.4 cm³/mol. The molecule has 0 spiro atoms. The highest BCUT2D eigenvalue weighted by Gasteiger charge is 2.11. The molecular formula is C15H11F2N. The van der Waals surface area contributed by atoms with E-state index in [0.29, 0.717) is 5.56 Å². The number of aromatic amines is 1. The molecule has 0 unspecified atom stereocenters. The first-order valence-electron chi connectivity index (χ1n) is 5.69. The minimum atomic E-state index is -0.828. The number of rotatable bonds is 1. The van der Waals surface area contributed by atoms with E-state index in [2.05, 4.69) is 4.98 Å². The van der Waals surface area contributed by atoms with Crippen LogP contribution in [0.1, 0.15) is 5.56 Å². The summed E-state index contributed by atoms with van der Waals surface area (Å²) < 4.78 is 26.2. The first kappa shape index (κ1) is 11.0. The largest absolute Gasteiger partial charge is 0.354 e. The van der Waals surface area contributed by atoms with Gasteiger partial charge in [0, 0.05) is 22.2 Å². The topological polar surface area (TPSA) is 15.8 Å². The summed E-state index contributed by atoms with van der Waals surface area (Å²) in [6, 6.07) is 11.8. The molecule has 3 rings (SSSR count). The van der Waals surface area contributed by atoms with Gasteiger partial charge in [0.05, 0.1) is 0 Å². The summed E-state index contributed by atoms with van der Waals surface area (Å²) in [5.74, 6) is -1.65. The van der Waals surface area contributed by atoms with E-state index in [0.717, 1.165) is 28.2 Å². The Morgan fingerprint density at radius 1 is 0.944 bits per heavy atom. The average molecular weight is 243 g/mol. The van der Waals surface area contributed by atoms with E-state index >= 15 is 0 Å². The van der Waals surface area contributed by atoms with E-state index in [1.165, 1.54) is 6.07 Å². The summed E-state index contributed by atoms with van der Waals surface area (Å²) in [5.41, 5.74) is 3.52. The molecule has 0 saturated carbocycles. The van der Waals surface area contributed by atoms with Crippen LogP contribution in [0.5, 0.6) is 0 Å². The second-order valence-electron chi connectivity index (χ2n) is 4.30. The summed E-state index contributed by atoms with van der Waals surface area (Å²) in [5, 5.41) is 1.09. The molecule has 90 valence electrons. The van der Waals surface area contributed by atoms with Crippen LogP contribution in [-0.4, -0.2) is 4.98 Å². The molecule has 0 fully saturated rings. The maximum atomic E-state index is 13.3. The number of aromatic nitrogens is 1. The van der Waals surface area contributed by atoms with Gasteiger partial charge in [0.1, 0.15) is 0 Å². The molecular weight excluding hydrogens is 232 g/mol. The number of hydrogen-bond donors (Lipinski definition) is 1. The SMILES string of the molecule is Cc1c(-c2ccc(F)c(F)c2)[nH]c2ccccc12. The summed E-state index contributed by atoms with van der Waals surface area (Å²) in [7, 11) is 0. The standard InChI is InChI=1S/C15H11F2N/c1-9-11-4-2-3-5-14(11)18-15(9)10-6-7-12(16)13(17)8-10/h2-8,18H,1H3. The van der Waals surface area contributed by atoms with Crippen molar-refractivity contribution in [3.8, 4) is 11.3 Å². The molecule has 1 N–H and O–H groups in total. The molecule has 0 amide bonds. The van der Waals surface area contributed by atoms with Crippen molar-refractivity contribution < 1.29 is 8.78 Å². The van der Waals surface area contributed by atoms with Crippen LogP contribution in [0.4, 0.5) is 8.78 Å². The van der Waals surface area contributed by atoms with Crippen LogP contribution in [0.3, 0.4) is 0 Å². The number of nitrogens with one attached hydrogen (secondary N) is 1. The zero-order valence-corrected chi connectivity index (χ0v) is 9.80. The van der Waals surface area contributed by atoms with Gasteiger partial charge in [-0.2, -0.15) is 0 Å². The average Bonchev–Trinajstić information content (AvgIpc) is 2.71. The van der Waals surface area contributed by atoms with Gasteiger partial charge in [-0.25, -0.2) is 8.78 Å². The van der Waals surface area contributed by atoms with Crippen molar-refractivity contribution in [1.29, 1.82) is 0 Å². The highest BCUT2D eigenvalue weighted by molar-refractivity contribution is 5.90. The fourth-order valence-corrected chi connectivity index (χ4v) is 2.22. The lowest BCUT2D eigenvalue weighted by Gasteiger charge is -2.01. The van der Waals surface area contributed by atoms with E-state index in [1.807, 2.05) is 31.2 Å². The Kier molecular flexibility index (Phi) is 2.40. The number of halogens is 2. The van der Waals surface area contributed by atoms with Crippen LogP contribution in [0, 0.1) is 18.6 Å². The number of fused-ring (bicyclic) bond motifs is 1. The lowest BCUT2D eigenvalue weighted by molar-refractivity contribution is 0.509. The molecule has 2 aromatic carbocycles. The van der Waals surface area contributed by atoms with E-state index in [9.17, 15) is 8.78 Å². The quantitative estimate of drug-likeness (QED) is 0.651. The number of hydrogen-bond acceptors (Lipinski definition) is 0. The molecule has 0 aliphatic heterocycles. The zero-order chi connectivity index (χ0) is 12.7. The van der Waals surface area contributed by atoms with E-state index in [4.69, 9.17) is 0 Å². The normalized spacial score (nSPS) is 11.1. The molecule has 3 aromatic rings. The summed E-state index contributed by atoms with van der Waals surface area (Å²) in [4.78, 5) is 3.24. The Morgan fingerprint density at radius 2 is 1.72 bits per heavy atom. The Balaban J connectivity index is 2.25. The number of para-hydroxylation sites is 1. The Bertz CT molecular complexity index is 728. The van der Waals surface area contributed by atoms with Gasteiger partial charge in [0.25, 0.3) is 0 Å². The van der Waals surface area contributed by atoms with Crippen molar-refractivity contribution in [3.63, 3.8) is 0 Å². The third kappa shape index (κ3) is 1.59. The predicted octanol–water partition coefficient (Wildman–Crippen LogP) is 4.42. The van der Waals surface area contributed by atoms with Gasteiger partial charge < -0.3 is 4.98 Å². The van der Waals surface area contributed by atoms with E-state index < -0.39 is 11.6 Å². The van der Waals surface area contributed by atoms with Crippen molar-refractivity contribution in [2.75, 3.05) is 0 Å². The van der Waals surface area contributed by atoms with Gasteiger partial charge in [-0.05, 0) is 36.8 Å². The maximum Gasteiger partial charge on any atom is 0.159 e. The second kappa shape index (κ2) is 3.95. The van der Waals surface area contributed by atoms with Crippen molar-refractivity contribution >= 4 is 10.9 Å². The van der Waals surface area contributed by atoms with Gasteiger partial charge >= 0.3 is 0 Å². The monoisotopic (exact) mass is 243 g/mol. The molecule has 0 saturated heterocycles. The van der Waals surface area contributed by atoms with Crippen LogP contribution in [-0.2, 0) is 0 Å². The zero-order valence-electron chi connectivity index (χ0n) is 9.80. The minimum Gasteiger partial charge on any atom is -0.354 e. The smallest absolute Gasteiger partial charge is 0.159 e. The summed E-state index contributed by atoms with van der Waals surface area (Å²) >= 11 is 0. The Hall–Kier alpha value is -2.16. The van der Waals surface area contributed by atoms with Crippen LogP contribution >= 0.6 is 0 Å². The summed E-state index contributed by atoms with van der Waals surface area (Å²) in [6.45, 7) is 1.97. The van der Waals surface area contributed by atoms with Gasteiger partial charge in [0.15, 0.2) is 11.6 Å². The fourth-order valence-electron chi connectivity index (χ4n) is 2.22. The fraction of sp³-hybridized carbons (Fsp3) is 0.0667. The van der Waals surface area contributed by atoms with Crippen LogP contribution < -0.4 is 0 Å². The van der Waals surface area contributed by atoms with Gasteiger partial charge in [-0.3, -0.25) is 0 Å². The molecule has 0 aliphatic carbocycles. The van der Waals surface area contributed by atoms with E-state index in [-0.39, 0.29) is 0 Å². The highest BCUT2D eigenvalue weighted by atomic mass is 19.2. The molecule has 0 radical (unpaired) electrons. The first-order chi connectivity index (χ1) is 8.66. The van der Waals surface area contributed by atoms with Crippen molar-refractivity contribution in [2.45, 2.75) is 6.92 Å². The molecule has 1 heterocycles. The Morgan fingerprint density at radius 3 is 2.44 bits per heavy atom. The van der Waals surface area contributed by atoms with Crippen LogP contribution in [0.2, 0.25) is 0 Å². The Labute approximate surface area is 103 Å². The molecule has 0 bridgehead atoms. The van der Waals surface area contributed by atoms with Crippen LogP contribution in [0.15, 0.2) is 42.5 Å². The minimum absolute atomic E-state index is 0.655. The summed E-state index contributed by atoms with van der Waals surface area (Å²) in [6.07, 6.45) is 0. The van der Waals surface area contributed by atoms with Gasteiger partial charge in [-0.1, -0.05) is 18.2 Å². The number of H-pyrrole nitrogens is 1. The molecule has 1 nitrogen and oxygen atoms in total. The maximum absolute atomic E-state index is 13.3. The van der Waals surface area contributed by atoms with E-state index in [1.54, 1.807) is 6.07 Å². The second-order valence-corrected chi connectivity index (χ2v) is 4.30.